The van der Waals surface area contributed by atoms with E-state index in [4.69, 9.17) is 11.6 Å². The van der Waals surface area contributed by atoms with E-state index in [1.54, 1.807) is 25.1 Å². The maximum atomic E-state index is 13.2. The van der Waals surface area contributed by atoms with Gasteiger partial charge in [0.1, 0.15) is 12.1 Å². The van der Waals surface area contributed by atoms with E-state index < -0.39 is 29.9 Å². The zero-order chi connectivity index (χ0) is 21.5. The lowest BCUT2D eigenvalue weighted by atomic mass is 9.88. The van der Waals surface area contributed by atoms with Gasteiger partial charge in [-0.2, -0.15) is 0 Å². The average molecular weight is 422 g/mol. The third-order valence-electron chi connectivity index (χ3n) is 5.36. The van der Waals surface area contributed by atoms with Crippen LogP contribution in [0.5, 0.6) is 0 Å². The summed E-state index contributed by atoms with van der Waals surface area (Å²) >= 11 is 6.09. The van der Waals surface area contributed by atoms with E-state index in [9.17, 15) is 14.4 Å². The van der Waals surface area contributed by atoms with Crippen molar-refractivity contribution in [2.75, 3.05) is 11.9 Å². The van der Waals surface area contributed by atoms with Crippen molar-refractivity contribution in [2.24, 2.45) is 0 Å². The lowest BCUT2D eigenvalue weighted by molar-refractivity contribution is -0.133. The van der Waals surface area contributed by atoms with Gasteiger partial charge in [-0.1, -0.05) is 60.1 Å². The highest BCUT2D eigenvalue weighted by molar-refractivity contribution is 6.31. The van der Waals surface area contributed by atoms with Gasteiger partial charge in [0, 0.05) is 10.7 Å². The number of urea groups is 1. The molecule has 0 aliphatic carbocycles. The Kier molecular flexibility index (Phi) is 4.95. The van der Waals surface area contributed by atoms with Gasteiger partial charge in [-0.25, -0.2) is 4.79 Å². The first-order chi connectivity index (χ1) is 14.3. The lowest BCUT2D eigenvalue weighted by Gasteiger charge is -2.24. The van der Waals surface area contributed by atoms with Gasteiger partial charge in [-0.3, -0.25) is 14.5 Å². The molecule has 1 aliphatic heterocycles. The molecule has 3 aromatic rings. The summed E-state index contributed by atoms with van der Waals surface area (Å²) in [5.41, 5.74) is 0.812. The van der Waals surface area contributed by atoms with Crippen LogP contribution in [-0.4, -0.2) is 29.3 Å². The smallest absolute Gasteiger partial charge is 0.324 e. The molecule has 0 bridgehead atoms. The van der Waals surface area contributed by atoms with Gasteiger partial charge in [0.15, 0.2) is 0 Å². The monoisotopic (exact) mass is 421 g/mol. The van der Waals surface area contributed by atoms with E-state index >= 15 is 0 Å². The molecular weight excluding hydrogens is 402 g/mol. The summed E-state index contributed by atoms with van der Waals surface area (Å²) in [6.07, 6.45) is 0. The SMILES string of the molecule is Cc1ccc(NC(=O)CN2C(=O)NC(C)(c3cccc4ccccc34)C2=O)cc1Cl. The molecule has 3 aromatic carbocycles. The van der Waals surface area contributed by atoms with Gasteiger partial charge in [0.2, 0.25) is 5.91 Å². The Labute approximate surface area is 178 Å². The molecule has 0 saturated carbocycles. The summed E-state index contributed by atoms with van der Waals surface area (Å²) in [4.78, 5) is 39.2. The molecule has 0 radical (unpaired) electrons. The summed E-state index contributed by atoms with van der Waals surface area (Å²) in [5.74, 6) is -0.957. The topological polar surface area (TPSA) is 78.5 Å². The number of aryl methyl sites for hydroxylation is 1. The standard InChI is InChI=1S/C23H20ClN3O3/c1-14-10-11-16(12-19(14)24)25-20(28)13-27-21(29)23(2,26-22(27)30)18-9-5-7-15-6-3-4-8-17(15)18/h3-12H,13H2,1-2H3,(H,25,28)(H,26,30). The Morgan fingerprint density at radius 3 is 2.60 bits per heavy atom. The molecule has 7 heteroatoms. The molecule has 4 amide bonds. The Morgan fingerprint density at radius 2 is 1.83 bits per heavy atom. The normalized spacial score (nSPS) is 18.6. The summed E-state index contributed by atoms with van der Waals surface area (Å²) in [5, 5.41) is 7.79. The van der Waals surface area contributed by atoms with Gasteiger partial charge in [-0.15, -0.1) is 0 Å². The number of carbonyl (C=O) groups excluding carboxylic acids is 3. The number of hydrogen-bond donors (Lipinski definition) is 2. The third-order valence-corrected chi connectivity index (χ3v) is 5.77. The van der Waals surface area contributed by atoms with Crippen molar-refractivity contribution in [1.29, 1.82) is 0 Å². The van der Waals surface area contributed by atoms with E-state index in [0.717, 1.165) is 21.2 Å². The van der Waals surface area contributed by atoms with Crippen LogP contribution in [0, 0.1) is 6.92 Å². The molecule has 152 valence electrons. The van der Waals surface area contributed by atoms with Crippen LogP contribution in [0.2, 0.25) is 5.02 Å². The first-order valence-corrected chi connectivity index (χ1v) is 9.86. The highest BCUT2D eigenvalue weighted by Gasteiger charge is 2.50. The summed E-state index contributed by atoms with van der Waals surface area (Å²) in [6, 6.07) is 17.8. The average Bonchev–Trinajstić information content (AvgIpc) is 2.94. The molecule has 1 unspecified atom stereocenters. The van der Waals surface area contributed by atoms with Gasteiger partial charge in [0.25, 0.3) is 5.91 Å². The first kappa shape index (κ1) is 19.9. The maximum absolute atomic E-state index is 13.2. The molecule has 0 aromatic heterocycles. The van der Waals surface area contributed by atoms with Crippen molar-refractivity contribution in [3.63, 3.8) is 0 Å². The molecule has 1 aliphatic rings. The number of carbonyl (C=O) groups is 3. The van der Waals surface area contributed by atoms with E-state index in [1.807, 2.05) is 49.4 Å². The summed E-state index contributed by atoms with van der Waals surface area (Å²) in [7, 11) is 0. The summed E-state index contributed by atoms with van der Waals surface area (Å²) in [6.45, 7) is 3.12. The second-order valence-electron chi connectivity index (χ2n) is 7.49. The van der Waals surface area contributed by atoms with Crippen molar-refractivity contribution in [3.8, 4) is 0 Å². The zero-order valence-corrected chi connectivity index (χ0v) is 17.3. The Morgan fingerprint density at radius 1 is 1.10 bits per heavy atom. The number of amides is 4. The fourth-order valence-corrected chi connectivity index (χ4v) is 3.88. The number of nitrogens with one attached hydrogen (secondary N) is 2. The summed E-state index contributed by atoms with van der Waals surface area (Å²) < 4.78 is 0. The first-order valence-electron chi connectivity index (χ1n) is 9.48. The Balaban J connectivity index is 1.57. The van der Waals surface area contributed by atoms with Crippen molar-refractivity contribution in [1.82, 2.24) is 10.2 Å². The molecule has 1 atom stereocenters. The number of imide groups is 1. The minimum Gasteiger partial charge on any atom is -0.324 e. The van der Waals surface area contributed by atoms with Crippen LogP contribution in [0.3, 0.4) is 0 Å². The fourth-order valence-electron chi connectivity index (χ4n) is 3.70. The second kappa shape index (κ2) is 7.46. The van der Waals surface area contributed by atoms with Crippen LogP contribution in [0.4, 0.5) is 10.5 Å². The van der Waals surface area contributed by atoms with Gasteiger partial charge < -0.3 is 10.6 Å². The number of nitrogens with zero attached hydrogens (tertiary/aromatic N) is 1. The van der Waals surface area contributed by atoms with E-state index in [0.29, 0.717) is 16.3 Å². The highest BCUT2D eigenvalue weighted by Crippen LogP contribution is 2.33. The van der Waals surface area contributed by atoms with Crippen LogP contribution in [0.1, 0.15) is 18.1 Å². The molecule has 4 rings (SSSR count). The number of hydrogen-bond acceptors (Lipinski definition) is 3. The number of fused-ring (bicyclic) bond motifs is 1. The molecular formula is C23H20ClN3O3. The number of rotatable bonds is 4. The number of anilines is 1. The molecule has 6 nitrogen and oxygen atoms in total. The highest BCUT2D eigenvalue weighted by atomic mass is 35.5. The quantitative estimate of drug-likeness (QED) is 0.619. The molecule has 1 saturated heterocycles. The molecule has 1 fully saturated rings. The minimum atomic E-state index is -1.26. The number of benzene rings is 3. The van der Waals surface area contributed by atoms with Gasteiger partial charge in [0.05, 0.1) is 0 Å². The largest absolute Gasteiger partial charge is 0.325 e. The van der Waals surface area contributed by atoms with E-state index in [-0.39, 0.29) is 0 Å². The predicted octanol–water partition coefficient (Wildman–Crippen LogP) is 4.21. The lowest BCUT2D eigenvalue weighted by Crippen LogP contribution is -2.42. The van der Waals surface area contributed by atoms with Crippen molar-refractivity contribution in [3.05, 3.63) is 76.8 Å². The maximum Gasteiger partial charge on any atom is 0.325 e. The van der Waals surface area contributed by atoms with Crippen LogP contribution >= 0.6 is 11.6 Å². The molecule has 30 heavy (non-hydrogen) atoms. The van der Waals surface area contributed by atoms with Crippen LogP contribution in [0.15, 0.2) is 60.7 Å². The van der Waals surface area contributed by atoms with Gasteiger partial charge >= 0.3 is 6.03 Å². The molecule has 0 spiro atoms. The van der Waals surface area contributed by atoms with Gasteiger partial charge in [-0.05, 0) is 47.9 Å². The van der Waals surface area contributed by atoms with E-state index in [1.165, 1.54) is 0 Å². The van der Waals surface area contributed by atoms with E-state index in [2.05, 4.69) is 10.6 Å². The second-order valence-corrected chi connectivity index (χ2v) is 7.89. The third kappa shape index (κ3) is 3.39. The van der Waals surface area contributed by atoms with Crippen molar-refractivity contribution in [2.45, 2.75) is 19.4 Å². The van der Waals surface area contributed by atoms with Crippen LogP contribution < -0.4 is 10.6 Å². The molecule has 2 N–H and O–H groups in total. The van der Waals surface area contributed by atoms with Crippen LogP contribution in [-0.2, 0) is 15.1 Å². The number of halogens is 1. The van der Waals surface area contributed by atoms with Crippen molar-refractivity contribution < 1.29 is 14.4 Å². The predicted molar refractivity (Wildman–Crippen MR) is 116 cm³/mol. The van der Waals surface area contributed by atoms with Crippen LogP contribution in [0.25, 0.3) is 10.8 Å². The molecule has 1 heterocycles. The zero-order valence-electron chi connectivity index (χ0n) is 16.5. The minimum absolute atomic E-state index is 0.392. The fraction of sp³-hybridized carbons (Fsp3) is 0.174. The Hall–Kier alpha value is -3.38. The Bertz CT molecular complexity index is 1190. The van der Waals surface area contributed by atoms with Crippen molar-refractivity contribution >= 4 is 45.9 Å².